The first-order valence-electron chi connectivity index (χ1n) is 9.69. The highest BCUT2D eigenvalue weighted by atomic mass is 35.5. The number of nitrogens with one attached hydrogen (secondary N) is 5. The Morgan fingerprint density at radius 2 is 1.97 bits per heavy atom. The van der Waals surface area contributed by atoms with Gasteiger partial charge in [-0.1, -0.05) is 0 Å². The minimum atomic E-state index is -1.25. The predicted octanol–water partition coefficient (Wildman–Crippen LogP) is 0.821. The summed E-state index contributed by atoms with van der Waals surface area (Å²) in [7, 11) is 0. The number of halogens is 2. The van der Waals surface area contributed by atoms with Gasteiger partial charge in [-0.15, -0.1) is 12.4 Å². The average Bonchev–Trinajstić information content (AvgIpc) is 2.75. The van der Waals surface area contributed by atoms with Gasteiger partial charge in [0.2, 0.25) is 11.2 Å². The van der Waals surface area contributed by atoms with Gasteiger partial charge in [0.1, 0.15) is 11.7 Å². The number of aliphatic carboxylic acids is 1. The molecule has 0 radical (unpaired) electrons. The number of carboxylic acid groups (broad SMARTS) is 1. The Bertz CT molecular complexity index is 1080. The Kier molecular flexibility index (Phi) is 8.88. The second-order valence-corrected chi connectivity index (χ2v) is 7.53. The van der Waals surface area contributed by atoms with Crippen molar-refractivity contribution in [3.8, 4) is 0 Å². The van der Waals surface area contributed by atoms with Crippen LogP contribution in [-0.2, 0) is 9.59 Å². The number of hydrogen-bond acceptors (Lipinski definition) is 9. The molecule has 1 aliphatic rings. The van der Waals surface area contributed by atoms with Crippen molar-refractivity contribution in [3.05, 3.63) is 40.2 Å². The minimum Gasteiger partial charge on any atom is -0.480 e. The van der Waals surface area contributed by atoms with Crippen LogP contribution in [0, 0.1) is 0 Å². The number of H-pyrrole nitrogens is 1. The number of rotatable bonds is 9. The van der Waals surface area contributed by atoms with Crippen molar-refractivity contribution in [2.75, 3.05) is 34.8 Å². The van der Waals surface area contributed by atoms with Crippen molar-refractivity contribution >= 4 is 64.3 Å². The molecule has 0 aliphatic carbocycles. The highest BCUT2D eigenvalue weighted by molar-refractivity contribution is 6.63. The van der Waals surface area contributed by atoms with Gasteiger partial charge in [-0.2, -0.15) is 4.98 Å². The Balaban J connectivity index is 0.00000385. The molecule has 1 amide bonds. The first-order chi connectivity index (χ1) is 15.2. The van der Waals surface area contributed by atoms with E-state index in [2.05, 4.69) is 31.2 Å². The molecule has 1 aromatic carbocycles. The molecular weight excluding hydrogens is 477 g/mol. The highest BCUT2D eigenvalue weighted by Gasteiger charge is 2.22. The minimum absolute atomic E-state index is 0. The molecule has 2 atom stereocenters. The maximum absolute atomic E-state index is 12.3. The summed E-state index contributed by atoms with van der Waals surface area (Å²) < 4.78 is 0. The van der Waals surface area contributed by atoms with Gasteiger partial charge in [0.05, 0.1) is 6.04 Å². The Hall–Kier alpha value is -3.51. The average molecular weight is 500 g/mol. The monoisotopic (exact) mass is 499 g/mol. The number of nitrogens with zero attached hydrogens (tertiary/aromatic N) is 1. The van der Waals surface area contributed by atoms with Crippen LogP contribution in [0.15, 0.2) is 29.1 Å². The molecule has 3 rings (SSSR count). The van der Waals surface area contributed by atoms with Gasteiger partial charge in [0.25, 0.3) is 11.5 Å². The van der Waals surface area contributed by atoms with Crippen molar-refractivity contribution < 1.29 is 19.5 Å². The first-order valence-corrected chi connectivity index (χ1v) is 10.1. The fourth-order valence-electron chi connectivity index (χ4n) is 3.09. The quantitative estimate of drug-likeness (QED) is 0.243. The first kappa shape index (κ1) is 25.7. The molecule has 33 heavy (non-hydrogen) atoms. The van der Waals surface area contributed by atoms with E-state index in [1.807, 2.05) is 0 Å². The summed E-state index contributed by atoms with van der Waals surface area (Å²) in [5, 5.41) is 20.3. The standard InChI is InChI=1S/C19H22ClN7O5.ClH/c20-13(28)6-5-12(18(31)32)25-16(29)9-1-3-10(4-2-9)22-7-11-8-23-15-14(24-11)17(30)27-19(21)26-15;/h1-4,11-12,22,24H,5-8H2,(H,25,29)(H,31,32)(H4,21,23,26,27,30);1H/t11?,12-;/m0./s1. The fourth-order valence-corrected chi connectivity index (χ4v) is 3.20. The van der Waals surface area contributed by atoms with Crippen molar-refractivity contribution in [2.24, 2.45) is 0 Å². The van der Waals surface area contributed by atoms with E-state index in [9.17, 15) is 24.3 Å². The van der Waals surface area contributed by atoms with E-state index in [0.29, 0.717) is 24.6 Å². The van der Waals surface area contributed by atoms with E-state index in [-0.39, 0.29) is 48.4 Å². The number of carbonyl (C=O) groups is 3. The van der Waals surface area contributed by atoms with Gasteiger partial charge < -0.3 is 32.1 Å². The van der Waals surface area contributed by atoms with Gasteiger partial charge >= 0.3 is 5.97 Å². The van der Waals surface area contributed by atoms with E-state index >= 15 is 0 Å². The van der Waals surface area contributed by atoms with Gasteiger partial charge in [-0.3, -0.25) is 19.4 Å². The second kappa shape index (κ2) is 11.4. The number of benzene rings is 1. The number of carbonyl (C=O) groups excluding carboxylic acids is 2. The molecule has 1 unspecified atom stereocenters. The van der Waals surface area contributed by atoms with Crippen LogP contribution in [0.3, 0.4) is 0 Å². The molecule has 1 aromatic heterocycles. The van der Waals surface area contributed by atoms with Crippen molar-refractivity contribution in [1.82, 2.24) is 15.3 Å². The summed E-state index contributed by atoms with van der Waals surface area (Å²) in [6, 6.07) is 5.10. The zero-order valence-electron chi connectivity index (χ0n) is 17.2. The van der Waals surface area contributed by atoms with Crippen molar-refractivity contribution in [2.45, 2.75) is 24.9 Å². The zero-order chi connectivity index (χ0) is 23.3. The zero-order valence-corrected chi connectivity index (χ0v) is 18.8. The normalized spacial score (nSPS) is 15.0. The third-order valence-corrected chi connectivity index (χ3v) is 4.92. The van der Waals surface area contributed by atoms with E-state index in [1.165, 1.54) is 0 Å². The molecule has 0 bridgehead atoms. The fraction of sp³-hybridized carbons (Fsp3) is 0.316. The summed E-state index contributed by atoms with van der Waals surface area (Å²) in [5.41, 5.74) is 6.47. The summed E-state index contributed by atoms with van der Waals surface area (Å²) in [6.45, 7) is 0.979. The lowest BCUT2D eigenvalue weighted by atomic mass is 10.1. The highest BCUT2D eigenvalue weighted by Crippen LogP contribution is 2.20. The van der Waals surface area contributed by atoms with Crippen molar-refractivity contribution in [1.29, 1.82) is 0 Å². The van der Waals surface area contributed by atoms with E-state index in [1.54, 1.807) is 24.3 Å². The SMILES string of the molecule is Cl.Nc1nc2c(c(=O)[nH]1)NC(CNc1ccc(C(=O)N[C@@H](CCC(=O)Cl)C(=O)O)cc1)CN2. The number of hydrogen-bond donors (Lipinski definition) is 7. The van der Waals surface area contributed by atoms with E-state index < -0.39 is 23.2 Å². The topological polar surface area (TPSA) is 191 Å². The van der Waals surface area contributed by atoms with Crippen molar-refractivity contribution in [3.63, 3.8) is 0 Å². The number of carboxylic acids is 1. The number of fused-ring (bicyclic) bond motifs is 1. The van der Waals surface area contributed by atoms with Gasteiger partial charge in [-0.25, -0.2) is 4.79 Å². The summed E-state index contributed by atoms with van der Waals surface area (Å²) in [6.07, 6.45) is -0.259. The summed E-state index contributed by atoms with van der Waals surface area (Å²) >= 11 is 5.24. The maximum atomic E-state index is 12.3. The molecule has 2 aromatic rings. The number of amides is 1. The molecule has 1 aliphatic heterocycles. The largest absolute Gasteiger partial charge is 0.480 e. The lowest BCUT2D eigenvalue weighted by Crippen LogP contribution is -2.41. The number of anilines is 4. The second-order valence-electron chi connectivity index (χ2n) is 7.11. The molecule has 0 fully saturated rings. The molecule has 0 saturated heterocycles. The molecule has 2 heterocycles. The molecule has 178 valence electrons. The Labute approximate surface area is 199 Å². The molecule has 8 N–H and O–H groups in total. The Morgan fingerprint density at radius 1 is 1.27 bits per heavy atom. The number of aromatic nitrogens is 2. The van der Waals surface area contributed by atoms with Crippen LogP contribution >= 0.6 is 24.0 Å². The number of nitrogen functional groups attached to an aromatic ring is 1. The predicted molar refractivity (Wildman–Crippen MR) is 126 cm³/mol. The summed E-state index contributed by atoms with van der Waals surface area (Å²) in [5.74, 6) is -1.40. The van der Waals surface area contributed by atoms with Crippen LogP contribution in [0.5, 0.6) is 0 Å². The molecule has 14 heteroatoms. The Morgan fingerprint density at radius 3 is 2.61 bits per heavy atom. The van der Waals surface area contributed by atoms with Gasteiger partial charge in [-0.05, 0) is 42.3 Å². The van der Waals surface area contributed by atoms with Crippen LogP contribution in [0.2, 0.25) is 0 Å². The molecule has 0 spiro atoms. The van der Waals surface area contributed by atoms with Crippen LogP contribution in [0.25, 0.3) is 0 Å². The van der Waals surface area contributed by atoms with Gasteiger partial charge in [0, 0.05) is 30.8 Å². The number of aromatic amines is 1. The maximum Gasteiger partial charge on any atom is 0.326 e. The molecule has 12 nitrogen and oxygen atoms in total. The van der Waals surface area contributed by atoms with E-state index in [0.717, 1.165) is 5.69 Å². The summed E-state index contributed by atoms with van der Waals surface area (Å²) in [4.78, 5) is 52.9. The lowest BCUT2D eigenvalue weighted by molar-refractivity contribution is -0.139. The van der Waals surface area contributed by atoms with Gasteiger partial charge in [0.15, 0.2) is 5.82 Å². The smallest absolute Gasteiger partial charge is 0.326 e. The van der Waals surface area contributed by atoms with E-state index in [4.69, 9.17) is 17.3 Å². The van der Waals surface area contributed by atoms with Crippen LogP contribution < -0.4 is 32.6 Å². The van der Waals surface area contributed by atoms with Crippen LogP contribution in [0.1, 0.15) is 23.2 Å². The third-order valence-electron chi connectivity index (χ3n) is 4.73. The lowest BCUT2D eigenvalue weighted by Gasteiger charge is -2.27. The van der Waals surface area contributed by atoms with Crippen LogP contribution in [0.4, 0.5) is 23.1 Å². The number of nitrogens with two attached hydrogens (primary N) is 1. The molecule has 0 saturated carbocycles. The molecular formula is C19H23Cl2N7O5. The van der Waals surface area contributed by atoms with Crippen LogP contribution in [-0.4, -0.2) is 57.4 Å². The third kappa shape index (κ3) is 6.99.